The Hall–Kier alpha value is -3.90. The minimum atomic E-state index is -0.929. The van der Waals surface area contributed by atoms with Crippen LogP contribution >= 0.6 is 25.3 Å². The van der Waals surface area contributed by atoms with Crippen molar-refractivity contribution >= 4 is 67.2 Å². The van der Waals surface area contributed by atoms with E-state index in [-0.39, 0.29) is 49.3 Å². The molecule has 0 aliphatic carbocycles. The SMILES string of the molecule is C=C(S)C1=C(C)[C@@H](/C=c2/[nH]/c(=C\c3[nH]c(/C=C4\NC(=O)[C@H](C)[C@H]4CCS)c(C)c3CCC(=O)O)c(CCC(=O)O)c2C)NC1=O. The highest BCUT2D eigenvalue weighted by Gasteiger charge is 2.35. The Morgan fingerprint density at radius 3 is 2.16 bits per heavy atom. The third kappa shape index (κ3) is 7.33. The lowest BCUT2D eigenvalue weighted by Crippen LogP contribution is -2.29. The zero-order chi connectivity index (χ0) is 33.2. The molecule has 0 saturated carbocycles. The first-order chi connectivity index (χ1) is 21.2. The zero-order valence-corrected chi connectivity index (χ0v) is 27.6. The summed E-state index contributed by atoms with van der Waals surface area (Å²) in [5, 5.41) is 26.3. The van der Waals surface area contributed by atoms with Crippen LogP contribution in [-0.4, -0.2) is 55.7 Å². The molecule has 2 aromatic rings. The minimum Gasteiger partial charge on any atom is -0.481 e. The number of H-pyrrole nitrogens is 2. The number of carbonyl (C=O) groups excluding carboxylic acids is 2. The summed E-state index contributed by atoms with van der Waals surface area (Å²) in [5.41, 5.74) is 6.79. The van der Waals surface area contributed by atoms with Gasteiger partial charge in [-0.25, -0.2) is 0 Å². The van der Waals surface area contributed by atoms with E-state index in [1.165, 1.54) is 0 Å². The summed E-state index contributed by atoms with van der Waals surface area (Å²) < 4.78 is 0. The quantitative estimate of drug-likeness (QED) is 0.164. The van der Waals surface area contributed by atoms with Gasteiger partial charge in [-0.15, -0.1) is 12.6 Å². The van der Waals surface area contributed by atoms with E-state index in [0.29, 0.717) is 27.3 Å². The highest BCUT2D eigenvalue weighted by atomic mass is 32.1. The molecule has 240 valence electrons. The molecule has 2 aromatic heterocycles. The molecule has 0 unspecified atom stereocenters. The first-order valence-corrected chi connectivity index (χ1v) is 15.9. The van der Waals surface area contributed by atoms with Crippen molar-refractivity contribution in [1.82, 2.24) is 20.6 Å². The van der Waals surface area contributed by atoms with Gasteiger partial charge in [-0.2, -0.15) is 12.6 Å². The maximum Gasteiger partial charge on any atom is 0.303 e. The lowest BCUT2D eigenvalue weighted by molar-refractivity contribution is -0.138. The van der Waals surface area contributed by atoms with Crippen molar-refractivity contribution in [1.29, 1.82) is 0 Å². The summed E-state index contributed by atoms with van der Waals surface area (Å²) in [6, 6.07) is -0.403. The largest absolute Gasteiger partial charge is 0.481 e. The van der Waals surface area contributed by atoms with Gasteiger partial charge >= 0.3 is 11.9 Å². The van der Waals surface area contributed by atoms with Gasteiger partial charge in [0.15, 0.2) is 0 Å². The van der Waals surface area contributed by atoms with E-state index in [4.69, 9.17) is 0 Å². The number of allylic oxidation sites excluding steroid dienone is 1. The summed E-state index contributed by atoms with van der Waals surface area (Å²) >= 11 is 8.64. The van der Waals surface area contributed by atoms with Crippen molar-refractivity contribution in [2.45, 2.75) is 65.8 Å². The summed E-state index contributed by atoms with van der Waals surface area (Å²) in [5.74, 6) is -1.72. The molecule has 4 rings (SSSR count). The molecular formula is C33H40N4O6S2. The van der Waals surface area contributed by atoms with E-state index in [0.717, 1.165) is 51.0 Å². The van der Waals surface area contributed by atoms with Crippen molar-refractivity contribution in [2.75, 3.05) is 5.75 Å². The Kier molecular flexibility index (Phi) is 10.6. The number of aromatic amines is 2. The van der Waals surface area contributed by atoms with Crippen LogP contribution in [0.2, 0.25) is 0 Å². The van der Waals surface area contributed by atoms with Gasteiger partial charge in [0.1, 0.15) is 0 Å². The van der Waals surface area contributed by atoms with Crippen LogP contribution in [0.5, 0.6) is 0 Å². The Morgan fingerprint density at radius 1 is 0.933 bits per heavy atom. The molecule has 45 heavy (non-hydrogen) atoms. The molecule has 0 aromatic carbocycles. The third-order valence-electron chi connectivity index (χ3n) is 8.79. The summed E-state index contributed by atoms with van der Waals surface area (Å²) in [7, 11) is 0. The second-order valence-corrected chi connectivity index (χ2v) is 12.6. The molecule has 0 spiro atoms. The topological polar surface area (TPSA) is 164 Å². The van der Waals surface area contributed by atoms with Gasteiger partial charge < -0.3 is 30.8 Å². The number of aromatic nitrogens is 2. The van der Waals surface area contributed by atoms with Gasteiger partial charge in [-0.1, -0.05) is 13.5 Å². The first-order valence-electron chi connectivity index (χ1n) is 14.8. The summed E-state index contributed by atoms with van der Waals surface area (Å²) in [6.45, 7) is 11.3. The summed E-state index contributed by atoms with van der Waals surface area (Å²) in [6.07, 6.45) is 6.79. The predicted molar refractivity (Wildman–Crippen MR) is 180 cm³/mol. The Bertz CT molecular complexity index is 1760. The number of rotatable bonds is 12. The lowest BCUT2D eigenvalue weighted by Gasteiger charge is -2.12. The molecule has 0 radical (unpaired) electrons. The number of carboxylic acid groups (broad SMARTS) is 2. The van der Waals surface area contributed by atoms with Crippen LogP contribution in [0.25, 0.3) is 18.2 Å². The van der Waals surface area contributed by atoms with Crippen molar-refractivity contribution in [3.8, 4) is 0 Å². The molecule has 3 atom stereocenters. The molecule has 10 nitrogen and oxygen atoms in total. The number of amides is 2. The molecule has 2 aliphatic rings. The van der Waals surface area contributed by atoms with Gasteiger partial charge in [0.25, 0.3) is 5.91 Å². The molecule has 6 N–H and O–H groups in total. The second kappa shape index (κ2) is 14.0. The van der Waals surface area contributed by atoms with E-state index < -0.39 is 18.0 Å². The van der Waals surface area contributed by atoms with Crippen LogP contribution in [0, 0.1) is 25.7 Å². The summed E-state index contributed by atoms with van der Waals surface area (Å²) in [4.78, 5) is 55.4. The molecular weight excluding hydrogens is 613 g/mol. The van der Waals surface area contributed by atoms with Gasteiger partial charge in [-0.3, -0.25) is 19.2 Å². The van der Waals surface area contributed by atoms with Gasteiger partial charge in [0.05, 0.1) is 11.6 Å². The maximum atomic E-state index is 12.5. The molecule has 2 aliphatic heterocycles. The number of nitrogens with one attached hydrogen (secondary N) is 4. The molecule has 2 amide bonds. The fourth-order valence-corrected chi connectivity index (χ4v) is 6.72. The number of carbonyl (C=O) groups is 4. The number of hydrogen-bond donors (Lipinski definition) is 8. The van der Waals surface area contributed by atoms with Gasteiger partial charge in [0, 0.05) is 57.4 Å². The van der Waals surface area contributed by atoms with Crippen molar-refractivity contribution in [3.05, 3.63) is 72.7 Å². The number of aliphatic carboxylic acids is 2. The zero-order valence-electron chi connectivity index (χ0n) is 25.8. The molecule has 4 heterocycles. The van der Waals surface area contributed by atoms with Crippen LogP contribution in [0.15, 0.2) is 28.3 Å². The molecule has 12 heteroatoms. The minimum absolute atomic E-state index is 0.00630. The maximum absolute atomic E-state index is 12.5. The number of carboxylic acids is 2. The Balaban J connectivity index is 1.88. The van der Waals surface area contributed by atoms with Crippen molar-refractivity contribution < 1.29 is 29.4 Å². The monoisotopic (exact) mass is 652 g/mol. The van der Waals surface area contributed by atoms with Crippen LogP contribution in [0.3, 0.4) is 0 Å². The lowest BCUT2D eigenvalue weighted by atomic mass is 9.91. The van der Waals surface area contributed by atoms with E-state index in [1.54, 1.807) is 0 Å². The van der Waals surface area contributed by atoms with E-state index >= 15 is 0 Å². The normalized spacial score (nSPS) is 21.6. The first kappa shape index (κ1) is 34.0. The van der Waals surface area contributed by atoms with Gasteiger partial charge in [0.2, 0.25) is 5.91 Å². The Morgan fingerprint density at radius 2 is 1.58 bits per heavy atom. The average molecular weight is 653 g/mol. The van der Waals surface area contributed by atoms with Crippen LogP contribution < -0.4 is 21.3 Å². The number of thiol groups is 2. The Labute approximate surface area is 272 Å². The number of hydrogen-bond acceptors (Lipinski definition) is 6. The third-order valence-corrected chi connectivity index (χ3v) is 9.27. The van der Waals surface area contributed by atoms with Crippen LogP contribution in [-0.2, 0) is 32.0 Å². The van der Waals surface area contributed by atoms with E-state index in [9.17, 15) is 29.4 Å². The fourth-order valence-electron chi connectivity index (χ4n) is 6.16. The van der Waals surface area contributed by atoms with Crippen molar-refractivity contribution in [3.63, 3.8) is 0 Å². The van der Waals surface area contributed by atoms with Gasteiger partial charge in [-0.05, 0) is 91.8 Å². The van der Waals surface area contributed by atoms with E-state index in [1.807, 2.05) is 45.9 Å². The fraction of sp³-hybridized carbons (Fsp3) is 0.394. The molecule has 0 bridgehead atoms. The highest BCUT2D eigenvalue weighted by Crippen LogP contribution is 2.32. The van der Waals surface area contributed by atoms with E-state index in [2.05, 4.69) is 52.4 Å². The average Bonchev–Trinajstić information content (AvgIpc) is 3.60. The second-order valence-electron chi connectivity index (χ2n) is 11.7. The smallest absolute Gasteiger partial charge is 0.303 e. The van der Waals surface area contributed by atoms with Crippen molar-refractivity contribution in [2.24, 2.45) is 11.8 Å². The highest BCUT2D eigenvalue weighted by molar-refractivity contribution is 7.84. The van der Waals surface area contributed by atoms with Crippen LogP contribution in [0.1, 0.15) is 66.8 Å². The molecule has 1 fully saturated rings. The molecule has 1 saturated heterocycles. The predicted octanol–water partition coefficient (Wildman–Crippen LogP) is 2.90. The van der Waals surface area contributed by atoms with Crippen LogP contribution in [0.4, 0.5) is 0 Å². The standard InChI is InChI=1S/C33H40N4O6S2/c1-15-20(6-8-29(38)39)26(34-23(15)12-25-18(4)31(19(5)45)33(43)36-25)14-27-21(7-9-30(40)41)16(2)24(35-27)13-28-22(10-11-44)17(3)32(42)37-28/h12-14,17,22,25,34-35,44-45H,5-11H2,1-4H3,(H,36,43)(H,37,42)(H,38,39)(H,40,41)/b23-12+,26-14-,28-13-/t17-,22-,25-/m1/s1.